The number of hydrogen-bond acceptors (Lipinski definition) is 5. The largest absolute Gasteiger partial charge is 0.481 e. The number of benzene rings is 2. The number of alkyl carbamates (subject to hydrolysis) is 1. The zero-order chi connectivity index (χ0) is 23.4. The summed E-state index contributed by atoms with van der Waals surface area (Å²) >= 11 is 0. The molecule has 174 valence electrons. The molecule has 1 saturated heterocycles. The van der Waals surface area contributed by atoms with Crippen molar-refractivity contribution in [2.45, 2.75) is 37.3 Å². The van der Waals surface area contributed by atoms with Crippen LogP contribution in [0, 0.1) is 0 Å². The van der Waals surface area contributed by atoms with Crippen LogP contribution in [0.5, 0.6) is 0 Å². The van der Waals surface area contributed by atoms with Crippen LogP contribution < -0.4 is 10.6 Å². The summed E-state index contributed by atoms with van der Waals surface area (Å²) in [6.45, 7) is 1.58. The number of carbonyl (C=O) groups excluding carboxylic acids is 2. The Kier molecular flexibility index (Phi) is 6.93. The average Bonchev–Trinajstić information content (AvgIpc) is 3.13. The maximum absolute atomic E-state index is 12.6. The van der Waals surface area contributed by atoms with Gasteiger partial charge in [-0.1, -0.05) is 48.5 Å². The third-order valence-corrected chi connectivity index (χ3v) is 6.55. The molecule has 0 saturated carbocycles. The molecular formula is C25H29N3O5. The molecule has 8 nitrogen and oxygen atoms in total. The van der Waals surface area contributed by atoms with E-state index in [0.717, 1.165) is 35.2 Å². The number of rotatable bonds is 9. The minimum atomic E-state index is -1.03. The maximum Gasteiger partial charge on any atom is 0.407 e. The first kappa shape index (κ1) is 22.8. The minimum absolute atomic E-state index is 0.00807. The van der Waals surface area contributed by atoms with Crippen LogP contribution in [-0.2, 0) is 14.3 Å². The Morgan fingerprint density at radius 1 is 1.09 bits per heavy atom. The van der Waals surface area contributed by atoms with E-state index < -0.39 is 24.0 Å². The topological polar surface area (TPSA) is 108 Å². The Morgan fingerprint density at radius 3 is 2.27 bits per heavy atom. The quantitative estimate of drug-likeness (QED) is 0.541. The van der Waals surface area contributed by atoms with Gasteiger partial charge in [0.25, 0.3) is 0 Å². The molecule has 4 rings (SSSR count). The number of hydrogen-bond donors (Lipinski definition) is 3. The summed E-state index contributed by atoms with van der Waals surface area (Å²) in [4.78, 5) is 38.4. The van der Waals surface area contributed by atoms with Crippen molar-refractivity contribution in [2.24, 2.45) is 0 Å². The van der Waals surface area contributed by atoms with Gasteiger partial charge in [0.2, 0.25) is 5.91 Å². The van der Waals surface area contributed by atoms with Crippen molar-refractivity contribution >= 4 is 18.0 Å². The first-order valence-electron chi connectivity index (χ1n) is 11.2. The Bertz CT molecular complexity index is 995. The lowest BCUT2D eigenvalue weighted by Gasteiger charge is -2.38. The molecule has 0 bridgehead atoms. The van der Waals surface area contributed by atoms with Crippen LogP contribution in [0.2, 0.25) is 0 Å². The maximum atomic E-state index is 12.6. The predicted octanol–water partition coefficient (Wildman–Crippen LogP) is 2.58. The third kappa shape index (κ3) is 5.17. The lowest BCUT2D eigenvalue weighted by molar-refractivity contribution is -0.137. The molecular weight excluding hydrogens is 422 g/mol. The van der Waals surface area contributed by atoms with Gasteiger partial charge in [0, 0.05) is 24.9 Å². The van der Waals surface area contributed by atoms with Crippen LogP contribution >= 0.6 is 0 Å². The summed E-state index contributed by atoms with van der Waals surface area (Å²) in [5, 5.41) is 14.4. The van der Waals surface area contributed by atoms with E-state index in [0.29, 0.717) is 6.54 Å². The Balaban J connectivity index is 1.37. The number of fused-ring (bicyclic) bond motifs is 3. The molecule has 1 heterocycles. The van der Waals surface area contributed by atoms with Gasteiger partial charge in [-0.3, -0.25) is 9.59 Å². The number of nitrogens with zero attached hydrogens (tertiary/aromatic N) is 1. The third-order valence-electron chi connectivity index (χ3n) is 6.55. The van der Waals surface area contributed by atoms with E-state index in [9.17, 15) is 14.4 Å². The summed E-state index contributed by atoms with van der Waals surface area (Å²) in [5.74, 6) is -1.52. The number of carboxylic acid groups (broad SMARTS) is 1. The molecule has 2 unspecified atom stereocenters. The predicted molar refractivity (Wildman–Crippen MR) is 123 cm³/mol. The molecule has 1 aliphatic heterocycles. The summed E-state index contributed by atoms with van der Waals surface area (Å²) in [6.07, 6.45) is 0.0241. The summed E-state index contributed by atoms with van der Waals surface area (Å²) in [5.41, 5.74) is 4.44. The molecule has 0 radical (unpaired) electrons. The number of carboxylic acids is 1. The summed E-state index contributed by atoms with van der Waals surface area (Å²) < 4.78 is 5.52. The van der Waals surface area contributed by atoms with Crippen LogP contribution in [0.3, 0.4) is 0 Å². The first-order valence-corrected chi connectivity index (χ1v) is 11.2. The van der Waals surface area contributed by atoms with E-state index >= 15 is 0 Å². The fourth-order valence-corrected chi connectivity index (χ4v) is 4.49. The van der Waals surface area contributed by atoms with Crippen LogP contribution in [0.25, 0.3) is 11.1 Å². The lowest BCUT2D eigenvalue weighted by atomic mass is 9.98. The SMILES string of the molecule is CN1CCC1CNC(=O)C(CCC(=O)O)NC(=O)OCC1c2ccccc2-c2ccccc21. The van der Waals surface area contributed by atoms with E-state index in [1.807, 2.05) is 43.4 Å². The van der Waals surface area contributed by atoms with Crippen LogP contribution in [-0.4, -0.2) is 66.8 Å². The second-order valence-corrected chi connectivity index (χ2v) is 8.62. The number of likely N-dealkylation sites (N-methyl/N-ethyl adjacent to an activating group) is 1. The molecule has 3 N–H and O–H groups in total. The zero-order valence-corrected chi connectivity index (χ0v) is 18.6. The second-order valence-electron chi connectivity index (χ2n) is 8.62. The summed E-state index contributed by atoms with van der Waals surface area (Å²) in [7, 11) is 1.98. The van der Waals surface area contributed by atoms with Gasteiger partial charge in [-0.2, -0.15) is 0 Å². The average molecular weight is 452 g/mol. The van der Waals surface area contributed by atoms with Gasteiger partial charge in [0.05, 0.1) is 0 Å². The van der Waals surface area contributed by atoms with Crippen molar-refractivity contribution in [1.82, 2.24) is 15.5 Å². The highest BCUT2D eigenvalue weighted by Crippen LogP contribution is 2.44. The van der Waals surface area contributed by atoms with Crippen molar-refractivity contribution in [1.29, 1.82) is 0 Å². The van der Waals surface area contributed by atoms with Crippen molar-refractivity contribution in [3.05, 3.63) is 59.7 Å². The molecule has 0 spiro atoms. The van der Waals surface area contributed by atoms with Crippen molar-refractivity contribution in [3.63, 3.8) is 0 Å². The van der Waals surface area contributed by atoms with Crippen LogP contribution in [0.4, 0.5) is 4.79 Å². The van der Waals surface area contributed by atoms with Gasteiger partial charge in [-0.25, -0.2) is 4.79 Å². The highest BCUT2D eigenvalue weighted by molar-refractivity contribution is 5.86. The van der Waals surface area contributed by atoms with Gasteiger partial charge < -0.3 is 25.4 Å². The number of ether oxygens (including phenoxy) is 1. The van der Waals surface area contributed by atoms with E-state index in [-0.39, 0.29) is 31.4 Å². The first-order chi connectivity index (χ1) is 15.9. The Labute approximate surface area is 192 Å². The molecule has 1 fully saturated rings. The molecule has 8 heteroatoms. The number of aliphatic carboxylic acids is 1. The normalized spacial score (nSPS) is 17.9. The lowest BCUT2D eigenvalue weighted by Crippen LogP contribution is -2.54. The van der Waals surface area contributed by atoms with Crippen molar-refractivity contribution in [2.75, 3.05) is 26.7 Å². The van der Waals surface area contributed by atoms with Crippen molar-refractivity contribution < 1.29 is 24.2 Å². The molecule has 1 aliphatic carbocycles. The monoisotopic (exact) mass is 451 g/mol. The molecule has 2 atom stereocenters. The summed E-state index contributed by atoms with van der Waals surface area (Å²) in [6, 6.07) is 15.4. The minimum Gasteiger partial charge on any atom is -0.481 e. The van der Waals surface area contributed by atoms with E-state index in [1.165, 1.54) is 0 Å². The standard InChI is InChI=1S/C25H29N3O5/c1-28-13-12-16(28)14-26-24(31)22(10-11-23(29)30)27-25(32)33-15-21-19-8-4-2-6-17(19)18-7-3-5-9-20(18)21/h2-9,16,21-22H,10-15H2,1H3,(H,26,31)(H,27,32)(H,29,30). The smallest absolute Gasteiger partial charge is 0.407 e. The van der Waals surface area contributed by atoms with Crippen LogP contribution in [0.15, 0.2) is 48.5 Å². The molecule has 2 amide bonds. The van der Waals surface area contributed by atoms with E-state index in [1.54, 1.807) is 0 Å². The molecule has 33 heavy (non-hydrogen) atoms. The van der Waals surface area contributed by atoms with Crippen LogP contribution in [0.1, 0.15) is 36.3 Å². The highest BCUT2D eigenvalue weighted by Gasteiger charge is 2.30. The Hall–Kier alpha value is -3.39. The molecule has 2 aliphatic rings. The van der Waals surface area contributed by atoms with Gasteiger partial charge in [-0.05, 0) is 48.7 Å². The van der Waals surface area contributed by atoms with E-state index in [4.69, 9.17) is 9.84 Å². The van der Waals surface area contributed by atoms with Gasteiger partial charge in [0.15, 0.2) is 0 Å². The molecule has 2 aromatic rings. The fourth-order valence-electron chi connectivity index (χ4n) is 4.49. The van der Waals surface area contributed by atoms with E-state index in [2.05, 4.69) is 27.7 Å². The molecule has 2 aromatic carbocycles. The fraction of sp³-hybridized carbons (Fsp3) is 0.400. The van der Waals surface area contributed by atoms with Gasteiger partial charge >= 0.3 is 12.1 Å². The van der Waals surface area contributed by atoms with Gasteiger partial charge in [-0.15, -0.1) is 0 Å². The van der Waals surface area contributed by atoms with Gasteiger partial charge in [0.1, 0.15) is 12.6 Å². The Morgan fingerprint density at radius 2 is 1.73 bits per heavy atom. The highest BCUT2D eigenvalue weighted by atomic mass is 16.5. The molecule has 0 aromatic heterocycles. The second kappa shape index (κ2) is 10.0. The number of nitrogens with one attached hydrogen (secondary N) is 2. The number of amides is 2. The zero-order valence-electron chi connectivity index (χ0n) is 18.6. The number of carbonyl (C=O) groups is 3. The van der Waals surface area contributed by atoms with Crippen molar-refractivity contribution in [3.8, 4) is 11.1 Å². The number of likely N-dealkylation sites (tertiary alicyclic amines) is 1.